The Labute approximate surface area is 158 Å². The highest BCUT2D eigenvalue weighted by Gasteiger charge is 2.20. The highest BCUT2D eigenvalue weighted by molar-refractivity contribution is 9.10. The zero-order valence-corrected chi connectivity index (χ0v) is 16.3. The van der Waals surface area contributed by atoms with Crippen molar-refractivity contribution in [3.8, 4) is 0 Å². The van der Waals surface area contributed by atoms with E-state index in [0.29, 0.717) is 6.04 Å². The molecule has 2 aliphatic rings. The lowest BCUT2D eigenvalue weighted by Gasteiger charge is -2.30. The number of anilines is 2. The van der Waals surface area contributed by atoms with E-state index in [-0.39, 0.29) is 0 Å². The minimum absolute atomic E-state index is 0.565. The molecule has 1 N–H and O–H groups in total. The van der Waals surface area contributed by atoms with Crippen molar-refractivity contribution >= 4 is 27.6 Å². The Hall–Kier alpha value is -1.62. The minimum Gasteiger partial charge on any atom is -0.367 e. The zero-order valence-electron chi connectivity index (χ0n) is 14.8. The van der Waals surface area contributed by atoms with Crippen LogP contribution in [0.2, 0.25) is 0 Å². The normalized spacial score (nSPS) is 18.1. The van der Waals surface area contributed by atoms with Crippen molar-refractivity contribution in [3.05, 3.63) is 45.7 Å². The molecular formula is C20H25BrN4. The average Bonchev–Trinajstić information content (AvgIpc) is 2.61. The Balaban J connectivity index is 1.53. The SMILES string of the molecule is Cc1nc(NC2CCCCC2)cc(N2CCc3cc(Br)ccc3C2)n1. The van der Waals surface area contributed by atoms with Crippen LogP contribution in [0.4, 0.5) is 11.6 Å². The third-order valence-corrected chi connectivity index (χ3v) is 5.78. The Kier molecular flexibility index (Phi) is 4.93. The molecule has 132 valence electrons. The van der Waals surface area contributed by atoms with Gasteiger partial charge in [-0.25, -0.2) is 9.97 Å². The molecule has 4 nitrogen and oxygen atoms in total. The van der Waals surface area contributed by atoms with Gasteiger partial charge in [0, 0.05) is 29.7 Å². The van der Waals surface area contributed by atoms with Crippen LogP contribution in [0.5, 0.6) is 0 Å². The lowest BCUT2D eigenvalue weighted by molar-refractivity contribution is 0.461. The molecule has 1 saturated carbocycles. The number of rotatable bonds is 3. The van der Waals surface area contributed by atoms with E-state index in [4.69, 9.17) is 4.98 Å². The van der Waals surface area contributed by atoms with Crippen LogP contribution in [0.1, 0.15) is 49.1 Å². The predicted octanol–water partition coefficient (Wildman–Crippen LogP) is 4.85. The zero-order chi connectivity index (χ0) is 17.2. The monoisotopic (exact) mass is 400 g/mol. The summed E-state index contributed by atoms with van der Waals surface area (Å²) < 4.78 is 1.16. The van der Waals surface area contributed by atoms with Crippen LogP contribution in [0, 0.1) is 6.92 Å². The summed E-state index contributed by atoms with van der Waals surface area (Å²) in [6.45, 7) is 3.91. The first-order valence-corrected chi connectivity index (χ1v) is 10.1. The van der Waals surface area contributed by atoms with Gasteiger partial charge < -0.3 is 10.2 Å². The quantitative estimate of drug-likeness (QED) is 0.798. The van der Waals surface area contributed by atoms with Crippen molar-refractivity contribution in [1.29, 1.82) is 0 Å². The lowest BCUT2D eigenvalue weighted by Crippen LogP contribution is -2.31. The van der Waals surface area contributed by atoms with Gasteiger partial charge in [0.15, 0.2) is 0 Å². The Morgan fingerprint density at radius 3 is 2.76 bits per heavy atom. The van der Waals surface area contributed by atoms with E-state index in [1.165, 1.54) is 43.2 Å². The van der Waals surface area contributed by atoms with Gasteiger partial charge in [-0.05, 0) is 49.4 Å². The van der Waals surface area contributed by atoms with Gasteiger partial charge in [-0.1, -0.05) is 41.3 Å². The minimum atomic E-state index is 0.565. The molecule has 0 spiro atoms. The largest absolute Gasteiger partial charge is 0.367 e. The van der Waals surface area contributed by atoms with E-state index in [1.54, 1.807) is 0 Å². The van der Waals surface area contributed by atoms with Crippen LogP contribution in [0.15, 0.2) is 28.7 Å². The van der Waals surface area contributed by atoms with Crippen molar-refractivity contribution in [2.24, 2.45) is 0 Å². The highest BCUT2D eigenvalue weighted by Crippen LogP contribution is 2.28. The molecule has 1 aliphatic heterocycles. The second-order valence-electron chi connectivity index (χ2n) is 7.22. The van der Waals surface area contributed by atoms with Crippen molar-refractivity contribution in [3.63, 3.8) is 0 Å². The number of nitrogens with one attached hydrogen (secondary N) is 1. The molecule has 1 aromatic heterocycles. The van der Waals surface area contributed by atoms with Crippen LogP contribution in [-0.2, 0) is 13.0 Å². The molecule has 1 aliphatic carbocycles. The maximum Gasteiger partial charge on any atom is 0.134 e. The van der Waals surface area contributed by atoms with Crippen LogP contribution in [0.25, 0.3) is 0 Å². The van der Waals surface area contributed by atoms with E-state index < -0.39 is 0 Å². The van der Waals surface area contributed by atoms with E-state index in [9.17, 15) is 0 Å². The number of benzene rings is 1. The van der Waals surface area contributed by atoms with Crippen molar-refractivity contribution < 1.29 is 0 Å². The maximum absolute atomic E-state index is 4.71. The summed E-state index contributed by atoms with van der Waals surface area (Å²) in [5.41, 5.74) is 2.84. The Morgan fingerprint density at radius 1 is 1.08 bits per heavy atom. The number of hydrogen-bond donors (Lipinski definition) is 1. The van der Waals surface area contributed by atoms with Gasteiger partial charge in [0.05, 0.1) is 0 Å². The summed E-state index contributed by atoms with van der Waals surface area (Å²) in [6, 6.07) is 9.29. The molecule has 0 radical (unpaired) electrons. The number of hydrogen-bond acceptors (Lipinski definition) is 4. The number of nitrogens with zero attached hydrogens (tertiary/aromatic N) is 3. The molecule has 0 saturated heterocycles. The van der Waals surface area contributed by atoms with Gasteiger partial charge in [0.2, 0.25) is 0 Å². The third kappa shape index (κ3) is 3.97. The topological polar surface area (TPSA) is 41.1 Å². The van der Waals surface area contributed by atoms with E-state index in [2.05, 4.69) is 55.4 Å². The first-order chi connectivity index (χ1) is 12.2. The lowest BCUT2D eigenvalue weighted by atomic mass is 9.95. The molecule has 0 atom stereocenters. The van der Waals surface area contributed by atoms with E-state index in [0.717, 1.165) is 41.4 Å². The Morgan fingerprint density at radius 2 is 1.92 bits per heavy atom. The molecule has 2 aromatic rings. The summed E-state index contributed by atoms with van der Waals surface area (Å²) in [4.78, 5) is 11.7. The molecule has 5 heteroatoms. The van der Waals surface area contributed by atoms with Crippen molar-refractivity contribution in [2.45, 2.75) is 58.0 Å². The fraction of sp³-hybridized carbons (Fsp3) is 0.500. The van der Waals surface area contributed by atoms with Crippen LogP contribution >= 0.6 is 15.9 Å². The van der Waals surface area contributed by atoms with Crippen LogP contribution in [0.3, 0.4) is 0 Å². The molecule has 0 amide bonds. The summed E-state index contributed by atoms with van der Waals surface area (Å²) in [5.74, 6) is 2.87. The van der Waals surface area contributed by atoms with Crippen molar-refractivity contribution in [1.82, 2.24) is 9.97 Å². The molecule has 1 aromatic carbocycles. The molecule has 25 heavy (non-hydrogen) atoms. The number of aromatic nitrogens is 2. The van der Waals surface area contributed by atoms with Gasteiger partial charge in [-0.3, -0.25) is 0 Å². The van der Waals surface area contributed by atoms with Gasteiger partial charge in [-0.2, -0.15) is 0 Å². The van der Waals surface area contributed by atoms with Gasteiger partial charge in [0.1, 0.15) is 17.5 Å². The van der Waals surface area contributed by atoms with Crippen LogP contribution < -0.4 is 10.2 Å². The molecule has 2 heterocycles. The molecular weight excluding hydrogens is 376 g/mol. The van der Waals surface area contributed by atoms with E-state index >= 15 is 0 Å². The highest BCUT2D eigenvalue weighted by atomic mass is 79.9. The fourth-order valence-electron chi connectivity index (χ4n) is 3.96. The fourth-order valence-corrected chi connectivity index (χ4v) is 4.37. The summed E-state index contributed by atoms with van der Waals surface area (Å²) in [5, 5.41) is 3.64. The first-order valence-electron chi connectivity index (χ1n) is 9.32. The molecule has 0 bridgehead atoms. The number of halogens is 1. The molecule has 0 unspecified atom stereocenters. The number of fused-ring (bicyclic) bond motifs is 1. The second-order valence-corrected chi connectivity index (χ2v) is 8.14. The van der Waals surface area contributed by atoms with Crippen LogP contribution in [-0.4, -0.2) is 22.6 Å². The van der Waals surface area contributed by atoms with Gasteiger partial charge >= 0.3 is 0 Å². The van der Waals surface area contributed by atoms with Gasteiger partial charge in [-0.15, -0.1) is 0 Å². The maximum atomic E-state index is 4.71. The standard InChI is InChI=1S/C20H25BrN4/c1-14-22-19(24-18-5-3-2-4-6-18)12-20(23-14)25-10-9-15-11-17(21)8-7-16(15)13-25/h7-8,11-12,18H,2-6,9-10,13H2,1H3,(H,22,23,24). The summed E-state index contributed by atoms with van der Waals surface area (Å²) >= 11 is 3.57. The molecule has 4 rings (SSSR count). The smallest absolute Gasteiger partial charge is 0.134 e. The second kappa shape index (κ2) is 7.32. The predicted molar refractivity (Wildman–Crippen MR) is 106 cm³/mol. The Bertz CT molecular complexity index is 755. The van der Waals surface area contributed by atoms with Crippen molar-refractivity contribution in [2.75, 3.05) is 16.8 Å². The summed E-state index contributed by atoms with van der Waals surface area (Å²) in [6.07, 6.45) is 7.59. The first kappa shape index (κ1) is 16.8. The van der Waals surface area contributed by atoms with Gasteiger partial charge in [0.25, 0.3) is 0 Å². The summed E-state index contributed by atoms with van der Waals surface area (Å²) in [7, 11) is 0. The molecule has 1 fully saturated rings. The average molecular weight is 401 g/mol. The third-order valence-electron chi connectivity index (χ3n) is 5.29. The number of aryl methyl sites for hydroxylation is 1. The van der Waals surface area contributed by atoms with E-state index in [1.807, 2.05) is 6.92 Å².